The van der Waals surface area contributed by atoms with E-state index in [0.29, 0.717) is 13.0 Å². The fourth-order valence-electron chi connectivity index (χ4n) is 1.04. The maximum absolute atomic E-state index is 11.2. The summed E-state index contributed by atoms with van der Waals surface area (Å²) in [6, 6.07) is -0.317. The van der Waals surface area contributed by atoms with Crippen LogP contribution in [0.3, 0.4) is 0 Å². The first-order valence-corrected chi connectivity index (χ1v) is 4.75. The third-order valence-electron chi connectivity index (χ3n) is 1.79. The molecule has 0 aromatic carbocycles. The van der Waals surface area contributed by atoms with Crippen molar-refractivity contribution in [1.82, 2.24) is 10.6 Å². The molecule has 1 amide bonds. The van der Waals surface area contributed by atoms with Crippen LogP contribution in [0.4, 0.5) is 0 Å². The molecule has 5 nitrogen and oxygen atoms in total. The van der Waals surface area contributed by atoms with E-state index in [0.717, 1.165) is 0 Å². The monoisotopic (exact) mass is 212 g/mol. The van der Waals surface area contributed by atoms with Crippen LogP contribution in [0.25, 0.3) is 0 Å². The quantitative estimate of drug-likeness (QED) is 0.395. The molecule has 0 aromatic heterocycles. The van der Waals surface area contributed by atoms with Crippen LogP contribution < -0.4 is 10.6 Å². The molecular weight excluding hydrogens is 196 g/mol. The van der Waals surface area contributed by atoms with Crippen molar-refractivity contribution in [2.24, 2.45) is 0 Å². The number of aliphatic carboxylic acids is 1. The molecule has 0 aliphatic carbocycles. The van der Waals surface area contributed by atoms with E-state index in [1.54, 1.807) is 0 Å². The molecule has 0 spiro atoms. The summed E-state index contributed by atoms with van der Waals surface area (Å²) in [5, 5.41) is 13.9. The van der Waals surface area contributed by atoms with Gasteiger partial charge in [0, 0.05) is 6.04 Å². The molecule has 0 saturated carbocycles. The van der Waals surface area contributed by atoms with E-state index in [4.69, 9.17) is 11.5 Å². The Kier molecular flexibility index (Phi) is 7.02. The van der Waals surface area contributed by atoms with Gasteiger partial charge in [-0.05, 0) is 6.42 Å². The van der Waals surface area contributed by atoms with Gasteiger partial charge in [-0.2, -0.15) is 0 Å². The molecule has 15 heavy (non-hydrogen) atoms. The lowest BCUT2D eigenvalue weighted by molar-refractivity contribution is -0.137. The zero-order valence-corrected chi connectivity index (χ0v) is 8.75. The smallest absolute Gasteiger partial charge is 0.305 e. The molecular formula is C10H16N2O3. The summed E-state index contributed by atoms with van der Waals surface area (Å²) in [6.45, 7) is 2.26. The maximum atomic E-state index is 11.2. The van der Waals surface area contributed by atoms with Gasteiger partial charge in [0.05, 0.1) is 19.5 Å². The van der Waals surface area contributed by atoms with Crippen molar-refractivity contribution < 1.29 is 14.7 Å². The molecule has 1 atom stereocenters. The first-order chi connectivity index (χ1) is 7.10. The molecule has 0 radical (unpaired) electrons. The minimum absolute atomic E-state index is 0.0582. The summed E-state index contributed by atoms with van der Waals surface area (Å²) in [7, 11) is 0. The molecule has 3 N–H and O–H groups in total. The highest BCUT2D eigenvalue weighted by atomic mass is 16.4. The van der Waals surface area contributed by atoms with E-state index in [-0.39, 0.29) is 24.9 Å². The van der Waals surface area contributed by atoms with Crippen LogP contribution in [-0.4, -0.2) is 36.1 Å². The van der Waals surface area contributed by atoms with E-state index >= 15 is 0 Å². The van der Waals surface area contributed by atoms with E-state index in [9.17, 15) is 9.59 Å². The minimum atomic E-state index is -0.918. The number of hydrogen-bond acceptors (Lipinski definition) is 3. The van der Waals surface area contributed by atoms with Crippen LogP contribution in [0.2, 0.25) is 0 Å². The van der Waals surface area contributed by atoms with E-state index in [2.05, 4.69) is 16.6 Å². The van der Waals surface area contributed by atoms with Crippen molar-refractivity contribution in [1.29, 1.82) is 0 Å². The zero-order valence-electron chi connectivity index (χ0n) is 8.75. The second-order valence-corrected chi connectivity index (χ2v) is 3.08. The first kappa shape index (κ1) is 13.5. The van der Waals surface area contributed by atoms with Gasteiger partial charge in [-0.15, -0.1) is 6.42 Å². The van der Waals surface area contributed by atoms with Gasteiger partial charge in [0.2, 0.25) is 5.91 Å². The minimum Gasteiger partial charge on any atom is -0.481 e. The molecule has 0 aromatic rings. The van der Waals surface area contributed by atoms with E-state index < -0.39 is 5.97 Å². The molecule has 0 fully saturated rings. The van der Waals surface area contributed by atoms with Crippen LogP contribution >= 0.6 is 0 Å². The summed E-state index contributed by atoms with van der Waals surface area (Å²) >= 11 is 0. The highest BCUT2D eigenvalue weighted by Crippen LogP contribution is 1.96. The average Bonchev–Trinajstić information content (AvgIpc) is 2.16. The van der Waals surface area contributed by atoms with Crippen molar-refractivity contribution in [3.63, 3.8) is 0 Å². The lowest BCUT2D eigenvalue weighted by atomic mass is 10.1. The van der Waals surface area contributed by atoms with Crippen LogP contribution in [0.15, 0.2) is 0 Å². The molecule has 0 bridgehead atoms. The van der Waals surface area contributed by atoms with E-state index in [1.807, 2.05) is 6.92 Å². The molecule has 84 valence electrons. The Morgan fingerprint density at radius 1 is 1.53 bits per heavy atom. The van der Waals surface area contributed by atoms with Crippen molar-refractivity contribution in [2.75, 3.05) is 13.1 Å². The first-order valence-electron chi connectivity index (χ1n) is 4.75. The van der Waals surface area contributed by atoms with Crippen molar-refractivity contribution >= 4 is 11.9 Å². The summed E-state index contributed by atoms with van der Waals surface area (Å²) < 4.78 is 0. The fraction of sp³-hybridized carbons (Fsp3) is 0.600. The van der Waals surface area contributed by atoms with Crippen LogP contribution in [0.1, 0.15) is 19.8 Å². The second-order valence-electron chi connectivity index (χ2n) is 3.08. The largest absolute Gasteiger partial charge is 0.481 e. The maximum Gasteiger partial charge on any atom is 0.305 e. The summed E-state index contributed by atoms with van der Waals surface area (Å²) in [6.07, 6.45) is 5.52. The van der Waals surface area contributed by atoms with Crippen LogP contribution in [0, 0.1) is 12.3 Å². The lowest BCUT2D eigenvalue weighted by Crippen LogP contribution is -2.41. The number of carboxylic acids is 1. The predicted octanol–water partition coefficient (Wildman–Crippen LogP) is -0.421. The van der Waals surface area contributed by atoms with Gasteiger partial charge < -0.3 is 10.4 Å². The van der Waals surface area contributed by atoms with Gasteiger partial charge in [-0.1, -0.05) is 12.8 Å². The highest BCUT2D eigenvalue weighted by molar-refractivity contribution is 5.79. The topological polar surface area (TPSA) is 78.4 Å². The number of amides is 1. The Balaban J connectivity index is 3.81. The number of rotatable bonds is 7. The normalized spacial score (nSPS) is 11.5. The molecule has 0 aliphatic heterocycles. The third kappa shape index (κ3) is 7.52. The third-order valence-corrected chi connectivity index (χ3v) is 1.79. The molecule has 0 aliphatic rings. The van der Waals surface area contributed by atoms with Crippen LogP contribution in [-0.2, 0) is 9.59 Å². The lowest BCUT2D eigenvalue weighted by Gasteiger charge is -2.14. The highest BCUT2D eigenvalue weighted by Gasteiger charge is 2.13. The van der Waals surface area contributed by atoms with Gasteiger partial charge in [0.15, 0.2) is 0 Å². The average molecular weight is 212 g/mol. The zero-order chi connectivity index (χ0) is 11.7. The molecule has 1 unspecified atom stereocenters. The Morgan fingerprint density at radius 3 is 2.67 bits per heavy atom. The van der Waals surface area contributed by atoms with Crippen molar-refractivity contribution in [3.05, 3.63) is 0 Å². The molecule has 0 heterocycles. The van der Waals surface area contributed by atoms with Gasteiger partial charge in [-0.3, -0.25) is 14.9 Å². The predicted molar refractivity (Wildman–Crippen MR) is 56.2 cm³/mol. The Morgan fingerprint density at radius 2 is 2.20 bits per heavy atom. The molecule has 0 saturated heterocycles. The van der Waals surface area contributed by atoms with Crippen LogP contribution in [0.5, 0.6) is 0 Å². The second kappa shape index (κ2) is 7.83. The number of hydrogen-bond donors (Lipinski definition) is 3. The number of nitrogens with one attached hydrogen (secondary N) is 2. The summed E-state index contributed by atoms with van der Waals surface area (Å²) in [5.41, 5.74) is 0. The Labute approximate surface area is 89.2 Å². The van der Waals surface area contributed by atoms with E-state index in [1.165, 1.54) is 0 Å². The van der Waals surface area contributed by atoms with Gasteiger partial charge >= 0.3 is 5.97 Å². The standard InChI is InChI=1S/C10H16N2O3/c1-3-5-11-7-9(13)12-8(4-2)6-10(14)15/h1,8,11H,4-7H2,2H3,(H,12,13)(H,14,15). The van der Waals surface area contributed by atoms with Gasteiger partial charge in [-0.25, -0.2) is 0 Å². The number of carbonyl (C=O) groups excluding carboxylic acids is 1. The van der Waals surface area contributed by atoms with Gasteiger partial charge in [0.1, 0.15) is 0 Å². The Hall–Kier alpha value is -1.54. The van der Waals surface area contributed by atoms with Crippen molar-refractivity contribution in [3.8, 4) is 12.3 Å². The number of terminal acetylenes is 1. The number of carbonyl (C=O) groups is 2. The molecule has 0 rings (SSSR count). The summed E-state index contributed by atoms with van der Waals surface area (Å²) in [5.74, 6) is 1.18. The SMILES string of the molecule is C#CCNCC(=O)NC(CC)CC(=O)O. The molecule has 5 heteroatoms. The number of carboxylic acid groups (broad SMARTS) is 1. The van der Waals surface area contributed by atoms with Crippen molar-refractivity contribution in [2.45, 2.75) is 25.8 Å². The fourth-order valence-corrected chi connectivity index (χ4v) is 1.04. The van der Waals surface area contributed by atoms with Gasteiger partial charge in [0.25, 0.3) is 0 Å². The summed E-state index contributed by atoms with van der Waals surface area (Å²) in [4.78, 5) is 21.7. The Bertz CT molecular complexity index is 258.